The third-order valence-corrected chi connectivity index (χ3v) is 10.5. The van der Waals surface area contributed by atoms with Gasteiger partial charge < -0.3 is 9.32 Å². The number of fused-ring (bicyclic) bond motifs is 4. The van der Waals surface area contributed by atoms with Crippen LogP contribution in [0, 0.1) is 0 Å². The summed E-state index contributed by atoms with van der Waals surface area (Å²) in [6.07, 6.45) is 0. The molecule has 0 bridgehead atoms. The number of nitrogens with zero attached hydrogens (tertiary/aromatic N) is 1. The van der Waals surface area contributed by atoms with E-state index in [4.69, 9.17) is 4.42 Å². The van der Waals surface area contributed by atoms with Gasteiger partial charge in [0.1, 0.15) is 11.2 Å². The fourth-order valence-electron chi connectivity index (χ4n) is 7.73. The largest absolute Gasteiger partial charge is 0.456 e. The summed E-state index contributed by atoms with van der Waals surface area (Å²) in [7, 11) is 0. The minimum atomic E-state index is 0.861. The molecule has 0 spiro atoms. The first-order valence-corrected chi connectivity index (χ1v) is 18.4. The smallest absolute Gasteiger partial charge is 0.137 e. The quantitative estimate of drug-likeness (QED) is 0.166. The molecule has 1 heterocycles. The first-order chi connectivity index (χ1) is 26.7. The summed E-state index contributed by atoms with van der Waals surface area (Å²) in [6.45, 7) is 0. The first kappa shape index (κ1) is 31.6. The van der Waals surface area contributed by atoms with E-state index in [9.17, 15) is 0 Å². The van der Waals surface area contributed by atoms with E-state index >= 15 is 0 Å². The highest BCUT2D eigenvalue weighted by molar-refractivity contribution is 6.07. The number of furan rings is 1. The molecule has 0 fully saturated rings. The summed E-state index contributed by atoms with van der Waals surface area (Å²) in [5, 5.41) is 4.71. The Balaban J connectivity index is 1.07. The van der Waals surface area contributed by atoms with Crippen molar-refractivity contribution in [2.75, 3.05) is 4.90 Å². The van der Waals surface area contributed by atoms with Gasteiger partial charge >= 0.3 is 0 Å². The molecule has 254 valence electrons. The Morgan fingerprint density at radius 3 is 1.39 bits per heavy atom. The zero-order chi connectivity index (χ0) is 35.8. The van der Waals surface area contributed by atoms with E-state index in [1.165, 1.54) is 49.7 Å². The summed E-state index contributed by atoms with van der Waals surface area (Å²) in [5.41, 5.74) is 14.4. The summed E-state index contributed by atoms with van der Waals surface area (Å²) in [4.78, 5) is 2.32. The molecule has 0 atom stereocenters. The monoisotopic (exact) mass is 689 g/mol. The predicted molar refractivity (Wildman–Crippen MR) is 228 cm³/mol. The molecule has 0 radical (unpaired) electrons. The van der Waals surface area contributed by atoms with Crippen LogP contribution in [0.3, 0.4) is 0 Å². The number of hydrogen-bond acceptors (Lipinski definition) is 2. The summed E-state index contributed by atoms with van der Waals surface area (Å²) in [6, 6.07) is 75.8. The molecule has 0 aliphatic carbocycles. The van der Waals surface area contributed by atoms with Gasteiger partial charge in [0, 0.05) is 33.9 Å². The van der Waals surface area contributed by atoms with Crippen LogP contribution in [-0.4, -0.2) is 0 Å². The second-order valence-electron chi connectivity index (χ2n) is 13.8. The van der Waals surface area contributed by atoms with E-state index in [1.807, 2.05) is 6.07 Å². The molecule has 54 heavy (non-hydrogen) atoms. The Kier molecular flexibility index (Phi) is 7.85. The molecule has 10 aromatic rings. The van der Waals surface area contributed by atoms with Crippen molar-refractivity contribution in [3.63, 3.8) is 0 Å². The van der Waals surface area contributed by atoms with Gasteiger partial charge in [0.25, 0.3) is 0 Å². The minimum Gasteiger partial charge on any atom is -0.456 e. The average Bonchev–Trinajstić information content (AvgIpc) is 3.62. The van der Waals surface area contributed by atoms with Gasteiger partial charge in [-0.05, 0) is 116 Å². The maximum Gasteiger partial charge on any atom is 0.137 e. The highest BCUT2D eigenvalue weighted by Gasteiger charge is 2.17. The Morgan fingerprint density at radius 1 is 0.278 bits per heavy atom. The normalized spacial score (nSPS) is 11.3. The maximum atomic E-state index is 6.59. The summed E-state index contributed by atoms with van der Waals surface area (Å²) >= 11 is 0. The second kappa shape index (κ2) is 13.4. The Labute approximate surface area is 314 Å². The lowest BCUT2D eigenvalue weighted by Gasteiger charge is -2.26. The lowest BCUT2D eigenvalue weighted by Crippen LogP contribution is -2.09. The van der Waals surface area contributed by atoms with Gasteiger partial charge in [-0.3, -0.25) is 0 Å². The number of hydrogen-bond donors (Lipinski definition) is 0. The Bertz CT molecular complexity index is 2890. The molecule has 1 aromatic heterocycles. The van der Waals surface area contributed by atoms with Crippen molar-refractivity contribution in [3.8, 4) is 44.5 Å². The number of benzene rings is 9. The minimum absolute atomic E-state index is 0.861. The van der Waals surface area contributed by atoms with Crippen molar-refractivity contribution in [3.05, 3.63) is 212 Å². The molecule has 10 rings (SSSR count). The van der Waals surface area contributed by atoms with E-state index in [0.29, 0.717) is 0 Å². The van der Waals surface area contributed by atoms with Gasteiger partial charge in [0.15, 0.2) is 0 Å². The summed E-state index contributed by atoms with van der Waals surface area (Å²) in [5.74, 6) is 0. The van der Waals surface area contributed by atoms with E-state index < -0.39 is 0 Å². The molecule has 0 aliphatic rings. The van der Waals surface area contributed by atoms with Crippen LogP contribution in [-0.2, 0) is 0 Å². The molecular weight excluding hydrogens is 655 g/mol. The zero-order valence-electron chi connectivity index (χ0n) is 29.6. The summed E-state index contributed by atoms with van der Waals surface area (Å²) < 4.78 is 6.59. The van der Waals surface area contributed by atoms with Gasteiger partial charge in [-0.1, -0.05) is 146 Å². The molecule has 0 saturated heterocycles. The highest BCUT2D eigenvalue weighted by Crippen LogP contribution is 2.41. The van der Waals surface area contributed by atoms with Gasteiger partial charge in [0.05, 0.1) is 0 Å². The molecule has 0 N–H and O–H groups in total. The predicted octanol–water partition coefficient (Wildman–Crippen LogP) is 14.9. The van der Waals surface area contributed by atoms with Gasteiger partial charge in [-0.25, -0.2) is 0 Å². The topological polar surface area (TPSA) is 16.4 Å². The molecule has 0 saturated carbocycles. The van der Waals surface area contributed by atoms with Crippen LogP contribution >= 0.6 is 0 Å². The van der Waals surface area contributed by atoms with Gasteiger partial charge in [-0.2, -0.15) is 0 Å². The van der Waals surface area contributed by atoms with Crippen molar-refractivity contribution in [2.45, 2.75) is 0 Å². The van der Waals surface area contributed by atoms with E-state index in [-0.39, 0.29) is 0 Å². The fourth-order valence-corrected chi connectivity index (χ4v) is 7.73. The van der Waals surface area contributed by atoms with Crippen LogP contribution in [0.25, 0.3) is 77.2 Å². The highest BCUT2D eigenvalue weighted by atomic mass is 16.3. The van der Waals surface area contributed by atoms with E-state index in [1.54, 1.807) is 0 Å². The Hall–Kier alpha value is -7.16. The molecule has 0 aliphatic heterocycles. The lowest BCUT2D eigenvalue weighted by atomic mass is 9.93. The molecule has 9 aromatic carbocycles. The van der Waals surface area contributed by atoms with Crippen molar-refractivity contribution in [2.24, 2.45) is 0 Å². The maximum absolute atomic E-state index is 6.59. The number of anilines is 3. The zero-order valence-corrected chi connectivity index (χ0v) is 29.6. The SMILES string of the molecule is c1ccc(-c2ccc(N(c3ccc(-c4cc(-c5ccccc5)c5ccccc5c4)cc3)c3ccc4c(c3)oc3cc(-c5ccccc5)ccc34)cc2)cc1. The van der Waals surface area contributed by atoms with Crippen LogP contribution in [0.1, 0.15) is 0 Å². The van der Waals surface area contributed by atoms with Crippen molar-refractivity contribution >= 4 is 49.8 Å². The third-order valence-electron chi connectivity index (χ3n) is 10.5. The molecule has 2 nitrogen and oxygen atoms in total. The van der Waals surface area contributed by atoms with Gasteiger partial charge in [0.2, 0.25) is 0 Å². The average molecular weight is 690 g/mol. The van der Waals surface area contributed by atoms with Crippen molar-refractivity contribution in [1.29, 1.82) is 0 Å². The lowest BCUT2D eigenvalue weighted by molar-refractivity contribution is 0.669. The van der Waals surface area contributed by atoms with Crippen LogP contribution < -0.4 is 4.90 Å². The standard InChI is InChI=1S/C52H35NO/c1-4-12-36(13-5-1)38-20-25-44(26-21-38)53(46-29-31-49-48-30-24-41(37-14-6-2-7-15-37)34-51(48)54-52(49)35-46)45-27-22-39(23-28-45)43-32-42-18-10-11-19-47(42)50(33-43)40-16-8-3-9-17-40/h1-35H. The molecule has 2 heteroatoms. The fraction of sp³-hybridized carbons (Fsp3) is 0. The Morgan fingerprint density at radius 2 is 0.741 bits per heavy atom. The molecule has 0 unspecified atom stereocenters. The third kappa shape index (κ3) is 5.81. The van der Waals surface area contributed by atoms with Crippen LogP contribution in [0.2, 0.25) is 0 Å². The van der Waals surface area contributed by atoms with Crippen LogP contribution in [0.4, 0.5) is 17.1 Å². The first-order valence-electron chi connectivity index (χ1n) is 18.4. The van der Waals surface area contributed by atoms with Crippen LogP contribution in [0.15, 0.2) is 217 Å². The second-order valence-corrected chi connectivity index (χ2v) is 13.8. The van der Waals surface area contributed by atoms with E-state index in [2.05, 4.69) is 211 Å². The number of rotatable bonds is 7. The van der Waals surface area contributed by atoms with Crippen molar-refractivity contribution < 1.29 is 4.42 Å². The molecule has 0 amide bonds. The van der Waals surface area contributed by atoms with Crippen LogP contribution in [0.5, 0.6) is 0 Å². The molecular formula is C52H35NO. The van der Waals surface area contributed by atoms with Crippen molar-refractivity contribution in [1.82, 2.24) is 0 Å². The van der Waals surface area contributed by atoms with Gasteiger partial charge in [-0.15, -0.1) is 0 Å². The van der Waals surface area contributed by atoms with E-state index in [0.717, 1.165) is 44.6 Å².